The van der Waals surface area contributed by atoms with Crippen molar-refractivity contribution in [2.75, 3.05) is 31.1 Å². The van der Waals surface area contributed by atoms with Gasteiger partial charge in [-0.2, -0.15) is 9.04 Å². The quantitative estimate of drug-likeness (QED) is 0.356. The van der Waals surface area contributed by atoms with Crippen molar-refractivity contribution in [3.05, 3.63) is 54.5 Å². The van der Waals surface area contributed by atoms with Crippen LogP contribution in [0.5, 0.6) is 0 Å². The predicted molar refractivity (Wildman–Crippen MR) is 118 cm³/mol. The molecule has 16 heteroatoms. The molecule has 1 saturated heterocycles. The Balaban J connectivity index is 0.00000193. The van der Waals surface area contributed by atoms with Crippen LogP contribution in [0.15, 0.2) is 48.7 Å². The molecule has 0 saturated carbocycles. The van der Waals surface area contributed by atoms with Gasteiger partial charge in [0.05, 0.1) is 12.1 Å². The van der Waals surface area contributed by atoms with Gasteiger partial charge in [0, 0.05) is 32.4 Å². The van der Waals surface area contributed by atoms with Crippen LogP contribution in [0.3, 0.4) is 0 Å². The Labute approximate surface area is 188 Å². The van der Waals surface area contributed by atoms with E-state index in [9.17, 15) is 14.0 Å². The van der Waals surface area contributed by atoms with Crippen molar-refractivity contribution in [1.29, 1.82) is 0 Å². The van der Waals surface area contributed by atoms with E-state index in [-0.39, 0.29) is 11.0 Å². The van der Waals surface area contributed by atoms with Gasteiger partial charge in [0.15, 0.2) is 5.82 Å². The number of phosphoric acid groups is 2. The molecule has 33 heavy (non-hydrogen) atoms. The minimum Gasteiger partial charge on any atom is -0.412 e. The van der Waals surface area contributed by atoms with E-state index in [1.807, 2.05) is 18.2 Å². The molecule has 3 heterocycles. The zero-order chi connectivity index (χ0) is 22.1. The predicted octanol–water partition coefficient (Wildman–Crippen LogP) is -0.258. The van der Waals surface area contributed by atoms with Crippen molar-refractivity contribution in [2.24, 2.45) is 0 Å². The molecule has 1 aliphatic rings. The summed E-state index contributed by atoms with van der Waals surface area (Å²) in [5, 5.41) is 0. The molecule has 1 atom stereocenters. The van der Waals surface area contributed by atoms with Gasteiger partial charge in [0.25, 0.3) is 0 Å². The van der Waals surface area contributed by atoms with Crippen LogP contribution >= 0.6 is 15.6 Å². The van der Waals surface area contributed by atoms with Crippen LogP contribution in [0.2, 0.25) is 0 Å². The summed E-state index contributed by atoms with van der Waals surface area (Å²) in [6, 6.07) is 12.5. The maximum absolute atomic E-state index is 12.1. The van der Waals surface area contributed by atoms with E-state index in [1.54, 1.807) is 30.5 Å². The van der Waals surface area contributed by atoms with E-state index < -0.39 is 15.6 Å². The summed E-state index contributed by atoms with van der Waals surface area (Å²) < 4.78 is 33.1. The topological polar surface area (TPSA) is 213 Å². The summed E-state index contributed by atoms with van der Waals surface area (Å²) in [6.45, 7) is 3.14. The van der Waals surface area contributed by atoms with Crippen LogP contribution in [-0.2, 0) is 20.0 Å². The highest BCUT2D eigenvalue weighted by Crippen LogP contribution is 2.55. The van der Waals surface area contributed by atoms with Crippen molar-refractivity contribution in [3.8, 4) is 0 Å². The number of anilines is 1. The molecular formula is C17H25N5O9P2. The van der Waals surface area contributed by atoms with E-state index in [0.717, 1.165) is 23.6 Å². The first kappa shape index (κ1) is 26.9. The van der Waals surface area contributed by atoms with Gasteiger partial charge in [-0.1, -0.05) is 18.2 Å². The first-order valence-electron chi connectivity index (χ1n) is 9.35. The van der Waals surface area contributed by atoms with Gasteiger partial charge in [0.2, 0.25) is 0 Å². The Morgan fingerprint density at radius 3 is 2.24 bits per heavy atom. The second-order valence-corrected chi connectivity index (χ2v) is 9.62. The number of aromatic nitrogens is 3. The van der Waals surface area contributed by atoms with E-state index in [4.69, 9.17) is 14.4 Å². The van der Waals surface area contributed by atoms with Crippen LogP contribution in [0, 0.1) is 0 Å². The third-order valence-corrected chi connectivity index (χ3v) is 6.74. The molecule has 0 spiro atoms. The number of hydrogen-bond donors (Lipinski definition) is 3. The highest BCUT2D eigenvalue weighted by molar-refractivity contribution is 7.60. The maximum atomic E-state index is 12.1. The van der Waals surface area contributed by atoms with Crippen LogP contribution in [-0.4, -0.2) is 71.4 Å². The Morgan fingerprint density at radius 2 is 1.61 bits per heavy atom. The average Bonchev–Trinajstić information content (AvgIpc) is 3.04. The standard InChI is InChI=1S/C17H21N5O7P2.2H2O/c23-30(24,25)29-31(26,27)28-22-15-6-2-1-5-14(15)19-17(22)13-20-9-11-21(12-10-20)16-7-3-4-8-18-16;;/h1-8H,9-13H2,(H,26,27)(H2,23,24,25);2*1H2. The van der Waals surface area contributed by atoms with Crippen LogP contribution in [0.1, 0.15) is 5.82 Å². The molecule has 0 aliphatic carbocycles. The van der Waals surface area contributed by atoms with Gasteiger partial charge in [-0.05, 0) is 24.3 Å². The van der Waals surface area contributed by atoms with E-state index in [0.29, 0.717) is 36.5 Å². The second kappa shape index (κ2) is 10.7. The summed E-state index contributed by atoms with van der Waals surface area (Å²) in [5.41, 5.74) is 0.869. The minimum absolute atomic E-state index is 0. The normalized spacial score (nSPS) is 16.5. The number of benzene rings is 1. The lowest BCUT2D eigenvalue weighted by atomic mass is 10.3. The molecule has 2 aromatic heterocycles. The fraction of sp³-hybridized carbons (Fsp3) is 0.294. The van der Waals surface area contributed by atoms with Crippen molar-refractivity contribution in [3.63, 3.8) is 0 Å². The van der Waals surface area contributed by atoms with Crippen molar-refractivity contribution in [1.82, 2.24) is 19.6 Å². The van der Waals surface area contributed by atoms with Crippen LogP contribution in [0.25, 0.3) is 11.0 Å². The Morgan fingerprint density at radius 1 is 0.939 bits per heavy atom. The monoisotopic (exact) mass is 505 g/mol. The summed E-state index contributed by atoms with van der Waals surface area (Å²) in [6.07, 6.45) is 1.74. The molecule has 0 amide bonds. The highest BCUT2D eigenvalue weighted by atomic mass is 31.3. The van der Waals surface area contributed by atoms with Crippen molar-refractivity contribution in [2.45, 2.75) is 6.54 Å². The summed E-state index contributed by atoms with van der Waals surface area (Å²) in [7, 11) is -10.4. The fourth-order valence-electron chi connectivity index (χ4n) is 3.37. The minimum atomic E-state index is -5.25. The van der Waals surface area contributed by atoms with Gasteiger partial charge in [0.1, 0.15) is 11.3 Å². The summed E-state index contributed by atoms with van der Waals surface area (Å²) >= 11 is 0. The smallest absolute Gasteiger partial charge is 0.412 e. The van der Waals surface area contributed by atoms with Gasteiger partial charge >= 0.3 is 15.6 Å². The van der Waals surface area contributed by atoms with Gasteiger partial charge in [-0.25, -0.2) is 19.1 Å². The molecule has 0 bridgehead atoms. The lowest BCUT2D eigenvalue weighted by Crippen LogP contribution is -2.46. The molecule has 1 aliphatic heterocycles. The molecular weight excluding hydrogens is 480 g/mol. The molecule has 4 rings (SSSR count). The summed E-state index contributed by atoms with van der Waals surface area (Å²) in [4.78, 5) is 40.6. The number of para-hydroxylation sites is 2. The number of imidazole rings is 1. The van der Waals surface area contributed by atoms with Crippen molar-refractivity contribution >= 4 is 32.5 Å². The largest absolute Gasteiger partial charge is 0.555 e. The Bertz CT molecular complexity index is 1150. The SMILES string of the molecule is O.O.O=P(O)(O)OP(=O)(O)On1c(CN2CCN(c3ccccn3)CC2)nc2ccccc21. The van der Waals surface area contributed by atoms with Crippen LogP contribution < -0.4 is 9.52 Å². The Hall–Kier alpha value is -2.38. The first-order valence-corrected chi connectivity index (χ1v) is 12.4. The fourth-order valence-corrected chi connectivity index (χ4v) is 4.96. The molecule has 14 nitrogen and oxygen atoms in total. The van der Waals surface area contributed by atoms with Gasteiger partial charge in [-0.3, -0.25) is 9.79 Å². The van der Waals surface area contributed by atoms with Gasteiger partial charge in [-0.15, -0.1) is 0 Å². The van der Waals surface area contributed by atoms with Crippen LogP contribution in [0.4, 0.5) is 5.82 Å². The Kier molecular flexibility index (Phi) is 8.71. The zero-order valence-corrected chi connectivity index (χ0v) is 19.0. The van der Waals surface area contributed by atoms with E-state index in [1.165, 1.54) is 0 Å². The average molecular weight is 505 g/mol. The number of fused-ring (bicyclic) bond motifs is 1. The number of piperazine rings is 1. The highest BCUT2D eigenvalue weighted by Gasteiger charge is 2.36. The number of hydrogen-bond acceptors (Lipinski definition) is 8. The van der Waals surface area contributed by atoms with E-state index >= 15 is 0 Å². The first-order chi connectivity index (χ1) is 14.7. The van der Waals surface area contributed by atoms with Crippen molar-refractivity contribution < 1.29 is 43.7 Å². The molecule has 3 aromatic rings. The molecule has 182 valence electrons. The zero-order valence-electron chi connectivity index (χ0n) is 17.3. The molecule has 1 fully saturated rings. The number of nitrogens with zero attached hydrogens (tertiary/aromatic N) is 5. The number of rotatable bonds is 7. The molecule has 7 N–H and O–H groups in total. The number of pyridine rings is 1. The molecule has 1 unspecified atom stereocenters. The third-order valence-electron chi connectivity index (χ3n) is 4.69. The van der Waals surface area contributed by atoms with Gasteiger partial charge < -0.3 is 30.3 Å². The third kappa shape index (κ3) is 6.81. The second-order valence-electron chi connectivity index (χ2n) is 6.88. The lowest BCUT2D eigenvalue weighted by Gasteiger charge is -2.35. The maximum Gasteiger partial charge on any atom is 0.555 e. The summed E-state index contributed by atoms with van der Waals surface area (Å²) in [5.74, 6) is 1.20. The van der Waals surface area contributed by atoms with E-state index in [2.05, 4.69) is 24.1 Å². The lowest BCUT2D eigenvalue weighted by molar-refractivity contribution is 0.154. The molecule has 1 aromatic carbocycles. The molecule has 0 radical (unpaired) electrons.